The van der Waals surface area contributed by atoms with Gasteiger partial charge >= 0.3 is 0 Å². The number of fused-ring (bicyclic) bond motifs is 1. The SMILES string of the molecule is Fc1cc(NC(=S)NCCCc2ccccc2)ccc1Oc1ccnc2ccsc12. The van der Waals surface area contributed by atoms with E-state index in [0.29, 0.717) is 16.5 Å². The molecule has 0 saturated carbocycles. The van der Waals surface area contributed by atoms with Crippen LogP contribution in [0.3, 0.4) is 0 Å². The minimum Gasteiger partial charge on any atom is -0.453 e. The van der Waals surface area contributed by atoms with Crippen LogP contribution in [0.1, 0.15) is 12.0 Å². The summed E-state index contributed by atoms with van der Waals surface area (Å²) < 4.78 is 21.2. The van der Waals surface area contributed by atoms with Gasteiger partial charge in [0.25, 0.3) is 0 Å². The molecule has 0 unspecified atom stereocenters. The molecule has 2 N–H and O–H groups in total. The first-order valence-electron chi connectivity index (χ1n) is 9.57. The van der Waals surface area contributed by atoms with Gasteiger partial charge in [0.05, 0.1) is 10.2 Å². The summed E-state index contributed by atoms with van der Waals surface area (Å²) in [6, 6.07) is 18.7. The molecule has 2 heterocycles. The fourth-order valence-corrected chi connectivity index (χ4v) is 4.04. The van der Waals surface area contributed by atoms with Crippen molar-refractivity contribution in [3.05, 3.63) is 83.6 Å². The number of pyridine rings is 1. The molecule has 0 bridgehead atoms. The number of hydrogen-bond donors (Lipinski definition) is 2. The van der Waals surface area contributed by atoms with Crippen LogP contribution in [0.15, 0.2) is 72.2 Å². The smallest absolute Gasteiger partial charge is 0.170 e. The number of benzene rings is 2. The van der Waals surface area contributed by atoms with Gasteiger partial charge < -0.3 is 15.4 Å². The summed E-state index contributed by atoms with van der Waals surface area (Å²) in [6.45, 7) is 0.739. The maximum atomic E-state index is 14.6. The van der Waals surface area contributed by atoms with Gasteiger partial charge in [0.15, 0.2) is 16.7 Å². The Morgan fingerprint density at radius 1 is 1.07 bits per heavy atom. The van der Waals surface area contributed by atoms with Crippen LogP contribution in [0, 0.1) is 5.82 Å². The summed E-state index contributed by atoms with van der Waals surface area (Å²) in [4.78, 5) is 4.27. The third-order valence-electron chi connectivity index (χ3n) is 4.49. The number of thiophene rings is 1. The molecule has 7 heteroatoms. The maximum absolute atomic E-state index is 14.6. The Labute approximate surface area is 183 Å². The number of anilines is 1. The van der Waals surface area contributed by atoms with Gasteiger partial charge in [-0.2, -0.15) is 0 Å². The highest BCUT2D eigenvalue weighted by Crippen LogP contribution is 2.34. The fraction of sp³-hybridized carbons (Fsp3) is 0.130. The molecule has 152 valence electrons. The Kier molecular flexibility index (Phi) is 6.51. The van der Waals surface area contributed by atoms with E-state index in [2.05, 4.69) is 27.8 Å². The third-order valence-corrected chi connectivity index (χ3v) is 5.65. The quantitative estimate of drug-likeness (QED) is 0.268. The predicted octanol–water partition coefficient (Wildman–Crippen LogP) is 6.15. The molecule has 4 rings (SSSR count). The molecule has 0 radical (unpaired) electrons. The number of hydrogen-bond acceptors (Lipinski definition) is 4. The van der Waals surface area contributed by atoms with Crippen LogP contribution < -0.4 is 15.4 Å². The number of aromatic nitrogens is 1. The Morgan fingerprint density at radius 2 is 1.93 bits per heavy atom. The van der Waals surface area contributed by atoms with Crippen LogP contribution in [0.2, 0.25) is 0 Å². The van der Waals surface area contributed by atoms with Gasteiger partial charge in [0.1, 0.15) is 5.75 Å². The van der Waals surface area contributed by atoms with E-state index in [9.17, 15) is 4.39 Å². The minimum absolute atomic E-state index is 0.156. The number of thiocarbonyl (C=S) groups is 1. The first kappa shape index (κ1) is 20.3. The van der Waals surface area contributed by atoms with Crippen LogP contribution in [-0.2, 0) is 6.42 Å². The van der Waals surface area contributed by atoms with Crippen molar-refractivity contribution in [1.29, 1.82) is 0 Å². The first-order valence-corrected chi connectivity index (χ1v) is 10.9. The van der Waals surface area contributed by atoms with Crippen LogP contribution >= 0.6 is 23.6 Å². The van der Waals surface area contributed by atoms with Gasteiger partial charge in [-0.3, -0.25) is 4.98 Å². The van der Waals surface area contributed by atoms with E-state index >= 15 is 0 Å². The van der Waals surface area contributed by atoms with Crippen molar-refractivity contribution < 1.29 is 9.13 Å². The molecule has 2 aromatic heterocycles. The standard InChI is InChI=1S/C23H20FN3OS2/c24-18-15-17(27-23(29)26-12-4-7-16-5-2-1-3-6-16)8-9-20(18)28-21-10-13-25-19-11-14-30-22(19)21/h1-3,5-6,8-11,13-15H,4,7,12H2,(H2,26,27,29). The van der Waals surface area contributed by atoms with Crippen molar-refractivity contribution in [3.8, 4) is 11.5 Å². The van der Waals surface area contributed by atoms with E-state index in [4.69, 9.17) is 17.0 Å². The van der Waals surface area contributed by atoms with Gasteiger partial charge in [0, 0.05) is 30.6 Å². The lowest BCUT2D eigenvalue weighted by atomic mass is 10.1. The topological polar surface area (TPSA) is 46.2 Å². The zero-order valence-corrected chi connectivity index (χ0v) is 17.7. The summed E-state index contributed by atoms with van der Waals surface area (Å²) in [7, 11) is 0. The lowest BCUT2D eigenvalue weighted by Gasteiger charge is -2.12. The number of rotatable bonds is 7. The highest BCUT2D eigenvalue weighted by molar-refractivity contribution is 7.80. The van der Waals surface area contributed by atoms with Crippen molar-refractivity contribution in [1.82, 2.24) is 10.3 Å². The normalized spacial score (nSPS) is 10.7. The molecule has 0 amide bonds. The molecule has 2 aromatic carbocycles. The highest BCUT2D eigenvalue weighted by Gasteiger charge is 2.10. The zero-order valence-electron chi connectivity index (χ0n) is 16.1. The van der Waals surface area contributed by atoms with Gasteiger partial charge in [-0.1, -0.05) is 30.3 Å². The average Bonchev–Trinajstić information content (AvgIpc) is 3.24. The molecule has 0 aliphatic carbocycles. The molecule has 0 spiro atoms. The lowest BCUT2D eigenvalue weighted by molar-refractivity contribution is 0.447. The van der Waals surface area contributed by atoms with E-state index in [-0.39, 0.29) is 5.75 Å². The van der Waals surface area contributed by atoms with Crippen molar-refractivity contribution >= 4 is 44.6 Å². The molecular weight excluding hydrogens is 417 g/mol. The number of nitrogens with zero attached hydrogens (tertiary/aromatic N) is 1. The average molecular weight is 438 g/mol. The molecule has 30 heavy (non-hydrogen) atoms. The number of ether oxygens (including phenoxy) is 1. The van der Waals surface area contributed by atoms with Crippen LogP contribution in [0.4, 0.5) is 10.1 Å². The number of nitrogens with one attached hydrogen (secondary N) is 2. The minimum atomic E-state index is -0.464. The van der Waals surface area contributed by atoms with Gasteiger partial charge in [-0.05, 0) is 54.2 Å². The molecule has 0 saturated heterocycles. The van der Waals surface area contributed by atoms with E-state index in [1.807, 2.05) is 29.6 Å². The summed E-state index contributed by atoms with van der Waals surface area (Å²) in [6.07, 6.45) is 3.58. The Balaban J connectivity index is 1.30. The summed E-state index contributed by atoms with van der Waals surface area (Å²) in [5.41, 5.74) is 2.70. The molecule has 0 aliphatic rings. The lowest BCUT2D eigenvalue weighted by Crippen LogP contribution is -2.29. The van der Waals surface area contributed by atoms with Crippen molar-refractivity contribution in [3.63, 3.8) is 0 Å². The number of halogens is 1. The molecule has 4 nitrogen and oxygen atoms in total. The van der Waals surface area contributed by atoms with Crippen molar-refractivity contribution in [2.75, 3.05) is 11.9 Å². The second-order valence-corrected chi connectivity index (χ2v) is 7.99. The summed E-state index contributed by atoms with van der Waals surface area (Å²) >= 11 is 6.82. The highest BCUT2D eigenvalue weighted by atomic mass is 32.1. The third kappa shape index (κ3) is 5.11. The van der Waals surface area contributed by atoms with Crippen molar-refractivity contribution in [2.45, 2.75) is 12.8 Å². The van der Waals surface area contributed by atoms with E-state index in [1.165, 1.54) is 23.0 Å². The first-order chi connectivity index (χ1) is 14.7. The molecule has 0 fully saturated rings. The van der Waals surface area contributed by atoms with Crippen molar-refractivity contribution in [2.24, 2.45) is 0 Å². The second kappa shape index (κ2) is 9.65. The van der Waals surface area contributed by atoms with Gasteiger partial charge in [-0.15, -0.1) is 11.3 Å². The van der Waals surface area contributed by atoms with E-state index in [0.717, 1.165) is 29.6 Å². The monoisotopic (exact) mass is 437 g/mol. The largest absolute Gasteiger partial charge is 0.453 e. The van der Waals surface area contributed by atoms with E-state index in [1.54, 1.807) is 24.4 Å². The van der Waals surface area contributed by atoms with Crippen LogP contribution in [0.5, 0.6) is 11.5 Å². The van der Waals surface area contributed by atoms with Crippen LogP contribution in [0.25, 0.3) is 10.2 Å². The number of aryl methyl sites for hydroxylation is 1. The fourth-order valence-electron chi connectivity index (χ4n) is 3.02. The summed E-state index contributed by atoms with van der Waals surface area (Å²) in [5, 5.41) is 8.56. The molecular formula is C23H20FN3OS2. The van der Waals surface area contributed by atoms with Gasteiger partial charge in [-0.25, -0.2) is 4.39 Å². The zero-order chi connectivity index (χ0) is 20.8. The van der Waals surface area contributed by atoms with E-state index < -0.39 is 5.82 Å². The van der Waals surface area contributed by atoms with Crippen LogP contribution in [-0.4, -0.2) is 16.6 Å². The Morgan fingerprint density at radius 3 is 2.77 bits per heavy atom. The predicted molar refractivity (Wildman–Crippen MR) is 125 cm³/mol. The summed E-state index contributed by atoms with van der Waals surface area (Å²) in [5.74, 6) is 0.279. The second-order valence-electron chi connectivity index (χ2n) is 6.66. The van der Waals surface area contributed by atoms with Gasteiger partial charge in [0.2, 0.25) is 0 Å². The Bertz CT molecular complexity index is 1150. The maximum Gasteiger partial charge on any atom is 0.170 e. The molecule has 0 atom stereocenters. The molecule has 4 aromatic rings. The molecule has 0 aliphatic heterocycles. The Hall–Kier alpha value is -3.03.